The van der Waals surface area contributed by atoms with E-state index in [4.69, 9.17) is 9.47 Å². The van der Waals surface area contributed by atoms with Gasteiger partial charge < -0.3 is 25.3 Å². The van der Waals surface area contributed by atoms with Crippen LogP contribution in [0.15, 0.2) is 18.2 Å². The lowest BCUT2D eigenvalue weighted by Gasteiger charge is -2.32. The van der Waals surface area contributed by atoms with E-state index in [-0.39, 0.29) is 18.7 Å². The average molecular weight is 518 g/mol. The number of amides is 2. The second-order valence-corrected chi connectivity index (χ2v) is 11.8. The Bertz CT molecular complexity index is 1150. The molecule has 0 aromatic heterocycles. The summed E-state index contributed by atoms with van der Waals surface area (Å²) in [5, 5.41) is 32.3. The molecule has 2 N–H and O–H groups in total. The van der Waals surface area contributed by atoms with Gasteiger partial charge in [-0.15, -0.1) is 0 Å². The number of ether oxygens (including phenoxy) is 2. The smallest absolute Gasteiger partial charge is 0.408 e. The fraction of sp³-hybridized carbons (Fsp3) is 0.615. The molecule has 0 bridgehead atoms. The molecule has 1 aliphatic heterocycles. The fourth-order valence-electron chi connectivity index (χ4n) is 4.53. The largest absolute Gasteiger partial charge is 0.714 e. The highest BCUT2D eigenvalue weighted by Gasteiger charge is 2.60. The fourth-order valence-corrected chi connectivity index (χ4v) is 4.53. The molecule has 11 heteroatoms. The topological polar surface area (TPSA) is 143 Å². The molecular formula is C26H37N4O7. The number of benzene rings is 1. The first-order chi connectivity index (χ1) is 16.9. The van der Waals surface area contributed by atoms with Crippen LogP contribution in [0, 0.1) is 5.21 Å². The molecule has 0 saturated carbocycles. The summed E-state index contributed by atoms with van der Waals surface area (Å²) in [6.07, 6.45) is -0.602. The Morgan fingerprint density at radius 2 is 1.70 bits per heavy atom. The monoisotopic (exact) mass is 517 g/mol. The van der Waals surface area contributed by atoms with Gasteiger partial charge in [0.2, 0.25) is 5.91 Å². The third-order valence-electron chi connectivity index (χ3n) is 7.42. The van der Waals surface area contributed by atoms with E-state index >= 15 is 0 Å². The van der Waals surface area contributed by atoms with Crippen LogP contribution in [0.25, 0.3) is 0 Å². The molecule has 0 saturated heterocycles. The number of alkyl carbamates (subject to hydrolysis) is 1. The number of hydrogen-bond donors (Lipinski definition) is 2. The van der Waals surface area contributed by atoms with Crippen molar-refractivity contribution >= 4 is 23.8 Å². The molecule has 0 spiro atoms. The summed E-state index contributed by atoms with van der Waals surface area (Å²) in [5.74, 6) is -1.23. The van der Waals surface area contributed by atoms with Crippen molar-refractivity contribution in [1.29, 1.82) is 0 Å². The molecule has 1 aromatic rings. The zero-order valence-corrected chi connectivity index (χ0v) is 23.0. The van der Waals surface area contributed by atoms with E-state index in [2.05, 4.69) is 10.6 Å². The molecule has 0 unspecified atom stereocenters. The van der Waals surface area contributed by atoms with Crippen LogP contribution in [0.2, 0.25) is 0 Å². The number of nitrogens with one attached hydrogen (secondary N) is 2. The summed E-state index contributed by atoms with van der Waals surface area (Å²) in [6.45, 7) is 13.5. The van der Waals surface area contributed by atoms with Crippen LogP contribution in [0.3, 0.4) is 0 Å². The van der Waals surface area contributed by atoms with Crippen molar-refractivity contribution in [3.8, 4) is 0 Å². The molecule has 11 nitrogen and oxygen atoms in total. The van der Waals surface area contributed by atoms with Crippen LogP contribution < -0.4 is 10.6 Å². The van der Waals surface area contributed by atoms with E-state index in [1.54, 1.807) is 66.7 Å². The Hall–Kier alpha value is -3.34. The lowest BCUT2D eigenvalue weighted by Crippen LogP contribution is -2.62. The van der Waals surface area contributed by atoms with Gasteiger partial charge in [0.15, 0.2) is 5.54 Å². The van der Waals surface area contributed by atoms with Gasteiger partial charge in [-0.1, -0.05) is 11.1 Å². The average Bonchev–Trinajstić information content (AvgIpc) is 3.19. The van der Waals surface area contributed by atoms with Crippen LogP contribution in [0.5, 0.6) is 0 Å². The molecular weight excluding hydrogens is 480 g/mol. The predicted octanol–water partition coefficient (Wildman–Crippen LogP) is 2.20. The van der Waals surface area contributed by atoms with Gasteiger partial charge in [0, 0.05) is 18.0 Å². The third kappa shape index (κ3) is 4.96. The van der Waals surface area contributed by atoms with Gasteiger partial charge in [-0.3, -0.25) is 9.53 Å². The van der Waals surface area contributed by atoms with E-state index in [0.29, 0.717) is 11.1 Å². The number of fused-ring (bicyclic) bond motifs is 1. The first-order valence-electron chi connectivity index (χ1n) is 12.2. The Morgan fingerprint density at radius 1 is 1.11 bits per heavy atom. The Balaban J connectivity index is 1.99. The lowest BCUT2D eigenvalue weighted by molar-refractivity contribution is -0.539. The van der Waals surface area contributed by atoms with Gasteiger partial charge in [-0.2, -0.15) is 0 Å². The lowest BCUT2D eigenvalue weighted by atomic mass is 9.84. The van der Waals surface area contributed by atoms with Crippen LogP contribution in [0.4, 0.5) is 4.79 Å². The van der Waals surface area contributed by atoms with Gasteiger partial charge in [-0.05, 0) is 78.6 Å². The highest BCUT2D eigenvalue weighted by molar-refractivity contribution is 5.97. The molecule has 1 aliphatic carbocycles. The molecule has 2 aliphatic rings. The number of methoxy groups -OCH3 is 1. The number of hydroxylamine groups is 3. The second kappa shape index (κ2) is 9.20. The van der Waals surface area contributed by atoms with Crippen molar-refractivity contribution in [3.05, 3.63) is 40.1 Å². The molecule has 37 heavy (non-hydrogen) atoms. The molecule has 203 valence electrons. The van der Waals surface area contributed by atoms with Gasteiger partial charge in [0.1, 0.15) is 22.7 Å². The number of esters is 1. The van der Waals surface area contributed by atoms with Gasteiger partial charge >= 0.3 is 17.9 Å². The van der Waals surface area contributed by atoms with Crippen LogP contribution >= 0.6 is 0 Å². The van der Waals surface area contributed by atoms with Crippen molar-refractivity contribution in [2.75, 3.05) is 7.11 Å². The molecule has 1 heterocycles. The number of amidine groups is 1. The number of nitrogens with zero attached hydrogens (tertiary/aromatic N) is 2. The minimum Gasteiger partial charge on any atom is -0.714 e. The molecule has 2 atom stereocenters. The minimum atomic E-state index is -1.46. The van der Waals surface area contributed by atoms with Gasteiger partial charge in [0.05, 0.1) is 12.7 Å². The summed E-state index contributed by atoms with van der Waals surface area (Å²) < 4.78 is 10.8. The third-order valence-corrected chi connectivity index (χ3v) is 7.42. The van der Waals surface area contributed by atoms with Crippen molar-refractivity contribution in [2.45, 2.75) is 96.5 Å². The number of carbonyl (C=O) groups is 3. The Kier molecular flexibility index (Phi) is 7.02. The predicted molar refractivity (Wildman–Crippen MR) is 134 cm³/mol. The van der Waals surface area contributed by atoms with Crippen molar-refractivity contribution in [1.82, 2.24) is 15.7 Å². The van der Waals surface area contributed by atoms with E-state index < -0.39 is 46.2 Å². The number of hydrogen-bond acceptors (Lipinski definition) is 7. The first kappa shape index (κ1) is 28.2. The van der Waals surface area contributed by atoms with Gasteiger partial charge in [0.25, 0.3) is 0 Å². The highest BCUT2D eigenvalue weighted by Crippen LogP contribution is 2.39. The zero-order valence-electron chi connectivity index (χ0n) is 23.0. The van der Waals surface area contributed by atoms with Crippen molar-refractivity contribution in [3.63, 3.8) is 0 Å². The molecule has 2 amide bonds. The normalized spacial score (nSPS) is 22.8. The molecule has 3 rings (SSSR count). The first-order valence-corrected chi connectivity index (χ1v) is 12.2. The van der Waals surface area contributed by atoms with E-state index in [9.17, 15) is 24.8 Å². The van der Waals surface area contributed by atoms with Crippen molar-refractivity contribution < 1.29 is 33.8 Å². The maximum absolute atomic E-state index is 13.5. The zero-order chi connectivity index (χ0) is 28.1. The number of rotatable bonds is 5. The van der Waals surface area contributed by atoms with Crippen molar-refractivity contribution in [2.24, 2.45) is 0 Å². The minimum absolute atomic E-state index is 0.0147. The van der Waals surface area contributed by atoms with E-state index in [1.807, 2.05) is 0 Å². The Labute approximate surface area is 217 Å². The summed E-state index contributed by atoms with van der Waals surface area (Å²) in [6, 6.07) is 4.16. The van der Waals surface area contributed by atoms with Crippen LogP contribution in [-0.4, -0.2) is 69.0 Å². The quantitative estimate of drug-likeness (QED) is 0.346. The molecule has 1 radical (unpaired) electrons. The summed E-state index contributed by atoms with van der Waals surface area (Å²) in [5.41, 5.74) is -2.35. The van der Waals surface area contributed by atoms with Gasteiger partial charge in [-0.25, -0.2) is 9.59 Å². The number of carbonyl (C=O) groups excluding carboxylic acids is 3. The maximum Gasteiger partial charge on any atom is 0.408 e. The Morgan fingerprint density at radius 3 is 2.22 bits per heavy atom. The molecule has 0 fully saturated rings. The molecule has 1 aromatic carbocycles. The second-order valence-electron chi connectivity index (χ2n) is 11.8. The summed E-state index contributed by atoms with van der Waals surface area (Å²) in [4.78, 5) is 38.2. The van der Waals surface area contributed by atoms with Crippen LogP contribution in [0.1, 0.15) is 72.1 Å². The SMILES string of the molecule is COC(=O)[C@H](C)NC(=O)[C@@]1(NC(=O)OC(C)(C)C)Cc2ccc(C3=[N+]([O-])C(C)(C)C(C)(C)N3[O])cc2C1. The summed E-state index contributed by atoms with van der Waals surface area (Å²) in [7, 11) is 1.22. The summed E-state index contributed by atoms with van der Waals surface area (Å²) >= 11 is 0. The van der Waals surface area contributed by atoms with Crippen LogP contribution in [-0.2, 0) is 37.1 Å². The standard InChI is InChI=1S/C26H37N4O7/c1-15(20(31)36-9)27-21(32)26(28-22(33)37-23(2,3)4)13-17-11-10-16(12-18(17)14-26)19-29(34)24(5,6)25(7,8)30(19)35/h10-12,15H,13-14H2,1-9H3,(H,27,32)(H,28,33)/t15-,26+/m0/s1. The highest BCUT2D eigenvalue weighted by atomic mass is 16.6. The van der Waals surface area contributed by atoms with E-state index in [1.165, 1.54) is 14.0 Å². The maximum atomic E-state index is 13.5. The van der Waals surface area contributed by atoms with E-state index in [0.717, 1.165) is 15.4 Å².